The van der Waals surface area contributed by atoms with E-state index in [0.29, 0.717) is 23.0 Å². The number of hydrogen-bond donors (Lipinski definition) is 2. The summed E-state index contributed by atoms with van der Waals surface area (Å²) in [5.41, 5.74) is -0.936. The van der Waals surface area contributed by atoms with Gasteiger partial charge in [0.05, 0.1) is 14.2 Å². The Morgan fingerprint density at radius 1 is 0.723 bits per heavy atom. The standard InChI is InChI=1S/C59H59N6O16PSe/c1-39-34-65(58(70)63-56(39)68)54-33-48(49(78-54)35-75-59(40-14-7-4-8-15-40,41-20-24-43(71-2)25-21-41)42-22-26-44(72-3)27-23-42)81-82(83,76-31-13-29-60)77-36-50-47(80-55(67)38-74-46-18-11-6-12-19-46)32-53(79-50)64-30-28-51(62-57(64)69)61-52(66)37-73-45-16-9-5-10-17-45/h4-12,14-28,30,34,47-50,53-54H,13,31-33,35-38H2,1-3H3,(H,63,68,70)(H,61,62,66,69)/t47-,48-,49+,50+,53+,54+,82?/m0/s1. The zero-order valence-corrected chi connectivity index (χ0v) is 47.9. The molecule has 7 aromatic rings. The van der Waals surface area contributed by atoms with E-state index in [-0.39, 0.29) is 57.1 Å². The molecule has 2 aromatic heterocycles. The van der Waals surface area contributed by atoms with Crippen LogP contribution in [0.1, 0.15) is 54.0 Å². The van der Waals surface area contributed by atoms with Crippen LogP contribution in [-0.4, -0.2) is 118 Å². The third-order valence-corrected chi connectivity index (χ3v) is 16.8. The van der Waals surface area contributed by atoms with E-state index in [4.69, 9.17) is 51.5 Å². The van der Waals surface area contributed by atoms with Crippen LogP contribution >= 0.6 is 6.19 Å². The van der Waals surface area contributed by atoms with E-state index in [9.17, 15) is 29.2 Å². The Balaban J connectivity index is 1.01. The maximum atomic E-state index is 13.7. The van der Waals surface area contributed by atoms with Gasteiger partial charge in [0, 0.05) is 0 Å². The Hall–Kier alpha value is -8.00. The molecule has 0 saturated carbocycles. The Morgan fingerprint density at radius 2 is 1.28 bits per heavy atom. The predicted octanol–water partition coefficient (Wildman–Crippen LogP) is 6.89. The molecule has 83 heavy (non-hydrogen) atoms. The van der Waals surface area contributed by atoms with Gasteiger partial charge >= 0.3 is 414 Å². The molecule has 9 rings (SSSR count). The Morgan fingerprint density at radius 3 is 1.87 bits per heavy atom. The number of carbonyl (C=O) groups is 2. The molecule has 0 radical (unpaired) electrons. The minimum absolute atomic E-state index is 0.00665. The number of para-hydroxylation sites is 2. The molecule has 0 aliphatic carbocycles. The zero-order valence-electron chi connectivity index (χ0n) is 45.3. The number of amides is 1. The molecule has 2 saturated heterocycles. The number of nitrogens with one attached hydrogen (secondary N) is 2. The average molecular weight is 1220 g/mol. The van der Waals surface area contributed by atoms with E-state index < -0.39 is 84.1 Å². The van der Waals surface area contributed by atoms with Crippen LogP contribution in [-0.2, 0) is 47.7 Å². The number of ether oxygens (including phenoxy) is 8. The molecule has 22 nitrogen and oxygen atoms in total. The second-order valence-electron chi connectivity index (χ2n) is 18.9. The second-order valence-corrected chi connectivity index (χ2v) is 23.4. The van der Waals surface area contributed by atoms with Crippen molar-refractivity contribution in [1.29, 1.82) is 5.26 Å². The molecule has 2 N–H and O–H groups in total. The molecule has 24 heteroatoms. The number of methoxy groups -OCH3 is 2. The van der Waals surface area contributed by atoms with Crippen LogP contribution in [0.15, 0.2) is 172 Å². The number of aromatic amines is 1. The molecule has 2 aliphatic rings. The van der Waals surface area contributed by atoms with Crippen molar-refractivity contribution in [2.45, 2.75) is 68.7 Å². The first-order valence-corrected chi connectivity index (χ1v) is 30.0. The summed E-state index contributed by atoms with van der Waals surface area (Å²) in [6.45, 7) is 0.0377. The molecular weight excluding hydrogens is 1160 g/mol. The summed E-state index contributed by atoms with van der Waals surface area (Å²) in [4.78, 5) is 72.5. The van der Waals surface area contributed by atoms with Gasteiger partial charge in [-0.3, -0.25) is 4.79 Å². The summed E-state index contributed by atoms with van der Waals surface area (Å²) in [5.74, 6) is 0.803. The first-order chi connectivity index (χ1) is 40.3. The average Bonchev–Trinajstić information content (AvgIpc) is 4.09. The summed E-state index contributed by atoms with van der Waals surface area (Å²) >= 11 is 2.97. The van der Waals surface area contributed by atoms with Crippen LogP contribution < -0.4 is 41.2 Å². The van der Waals surface area contributed by atoms with Gasteiger partial charge in [0.15, 0.2) is 6.61 Å². The van der Waals surface area contributed by atoms with Crippen molar-refractivity contribution in [3.8, 4) is 29.1 Å². The summed E-state index contributed by atoms with van der Waals surface area (Å²) in [5, 5.41) is 12.2. The first-order valence-electron chi connectivity index (χ1n) is 26.3. The summed E-state index contributed by atoms with van der Waals surface area (Å²) in [6, 6.07) is 45.4. The quantitative estimate of drug-likeness (QED) is 0.0184. The number of anilines is 1. The van der Waals surface area contributed by atoms with Gasteiger partial charge in [0.1, 0.15) is 5.75 Å². The summed E-state index contributed by atoms with van der Waals surface area (Å²) < 4.78 is 71.1. The number of esters is 1. The van der Waals surface area contributed by atoms with Crippen LogP contribution in [0.5, 0.6) is 23.0 Å². The summed E-state index contributed by atoms with van der Waals surface area (Å²) in [6.07, 6.45) is -7.34. The number of aryl methyl sites for hydroxylation is 1. The molecule has 432 valence electrons. The van der Waals surface area contributed by atoms with Crippen molar-refractivity contribution in [3.05, 3.63) is 212 Å². The van der Waals surface area contributed by atoms with Gasteiger partial charge in [-0.25, -0.2) is 0 Å². The van der Waals surface area contributed by atoms with E-state index in [1.165, 1.54) is 27.6 Å². The second kappa shape index (κ2) is 27.8. The Labute approximate surface area is 484 Å². The van der Waals surface area contributed by atoms with Crippen molar-refractivity contribution >= 4 is 39.0 Å². The van der Waals surface area contributed by atoms with Crippen LogP contribution in [0.25, 0.3) is 0 Å². The number of nitrogens with zero attached hydrogens (tertiary/aromatic N) is 4. The number of carbonyl (C=O) groups excluding carboxylic acids is 2. The molecule has 4 heterocycles. The third-order valence-electron chi connectivity index (χ3n) is 13.5. The number of rotatable bonds is 26. The predicted molar refractivity (Wildman–Crippen MR) is 302 cm³/mol. The van der Waals surface area contributed by atoms with E-state index >= 15 is 0 Å². The normalized spacial score (nSPS) is 19.2. The molecule has 2 aliphatic heterocycles. The monoisotopic (exact) mass is 1220 g/mol. The van der Waals surface area contributed by atoms with Gasteiger partial charge in [0.2, 0.25) is 0 Å². The van der Waals surface area contributed by atoms with Crippen LogP contribution in [0.2, 0.25) is 0 Å². The van der Waals surface area contributed by atoms with Gasteiger partial charge in [-0.15, -0.1) is 0 Å². The van der Waals surface area contributed by atoms with Crippen molar-refractivity contribution in [2.75, 3.05) is 52.6 Å². The molecule has 0 bridgehead atoms. The third kappa shape index (κ3) is 15.0. The fourth-order valence-electron chi connectivity index (χ4n) is 9.40. The van der Waals surface area contributed by atoms with Gasteiger partial charge in [0.25, 0.3) is 0 Å². The molecule has 1 unspecified atom stereocenters. The van der Waals surface area contributed by atoms with Gasteiger partial charge in [-0.2, -0.15) is 0 Å². The molecule has 1 amide bonds. The van der Waals surface area contributed by atoms with Crippen molar-refractivity contribution < 1.29 is 61.1 Å². The van der Waals surface area contributed by atoms with Crippen LogP contribution in [0.3, 0.4) is 0 Å². The first kappa shape index (κ1) is 59.6. The number of aromatic nitrogens is 4. The van der Waals surface area contributed by atoms with Gasteiger partial charge in [-0.1, -0.05) is 24.3 Å². The number of nitriles is 1. The van der Waals surface area contributed by atoms with Gasteiger partial charge < -0.3 is 4.74 Å². The van der Waals surface area contributed by atoms with E-state index in [2.05, 4.69) is 36.5 Å². The molecule has 2 fully saturated rings. The van der Waals surface area contributed by atoms with Crippen LogP contribution in [0.4, 0.5) is 5.82 Å². The number of H-pyrrole nitrogens is 1. The van der Waals surface area contributed by atoms with Crippen molar-refractivity contribution in [1.82, 2.24) is 19.1 Å². The SMILES string of the molecule is COc1ccc(C(OC[C@H]2O[C@@H](n3cc(C)c(=O)[nH]c3=O)C[C@@H]2OP(=[Se])(OCCC#N)OC[C@H]2O[C@@H](n3ccc(NC(=O)COc4ccccc4)nc3=O)C[C@@H]2OC(=O)COc2ccccc2)(c2ccccc2)c2ccc(OC)cc2)cc1. The van der Waals surface area contributed by atoms with E-state index in [0.717, 1.165) is 16.7 Å². The van der Waals surface area contributed by atoms with E-state index in [1.54, 1.807) is 75.7 Å². The molecule has 7 atom stereocenters. The molecular formula is C59H59N6O16PSe. The fourth-order valence-corrected chi connectivity index (χ4v) is 12.3. The topological polar surface area (TPSA) is 261 Å². The fraction of sp³-hybridized carbons (Fsp3) is 0.305. The molecule has 0 spiro atoms. The Bertz CT molecular complexity index is 3540. The Kier molecular flexibility index (Phi) is 20.0. The molecule has 5 aromatic carbocycles. The van der Waals surface area contributed by atoms with Gasteiger partial charge in [-0.05, 0) is 12.1 Å². The van der Waals surface area contributed by atoms with Crippen molar-refractivity contribution in [2.24, 2.45) is 0 Å². The summed E-state index contributed by atoms with van der Waals surface area (Å²) in [7, 11) is 3.16. The van der Waals surface area contributed by atoms with E-state index in [1.807, 2.05) is 84.9 Å². The number of benzene rings is 5. The number of hydrogen-bond acceptors (Lipinski definition) is 18. The minimum atomic E-state index is -3.76. The van der Waals surface area contributed by atoms with Crippen LogP contribution in [0, 0.1) is 18.3 Å². The maximum absolute atomic E-state index is 13.7. The zero-order chi connectivity index (χ0) is 58.3. The van der Waals surface area contributed by atoms with Crippen molar-refractivity contribution in [3.63, 3.8) is 0 Å².